The van der Waals surface area contributed by atoms with Gasteiger partial charge in [-0.3, -0.25) is 4.57 Å². The summed E-state index contributed by atoms with van der Waals surface area (Å²) >= 11 is 0. The van der Waals surface area contributed by atoms with Gasteiger partial charge < -0.3 is 8.94 Å². The largest absolute Gasteiger partial charge is 0.420 e. The molecule has 0 aliphatic carbocycles. The van der Waals surface area contributed by atoms with Crippen molar-refractivity contribution in [1.82, 2.24) is 14.7 Å². The third kappa shape index (κ3) is 2.10. The van der Waals surface area contributed by atoms with Crippen molar-refractivity contribution in [3.8, 4) is 11.5 Å². The van der Waals surface area contributed by atoms with Crippen LogP contribution in [0.5, 0.6) is 0 Å². The third-order valence-corrected chi connectivity index (χ3v) is 3.36. The summed E-state index contributed by atoms with van der Waals surface area (Å²) in [6.45, 7) is 0.201. The fourth-order valence-corrected chi connectivity index (χ4v) is 2.32. The fraction of sp³-hybridized carbons (Fsp3) is 0.0625. The van der Waals surface area contributed by atoms with Crippen LogP contribution in [0.1, 0.15) is 5.82 Å². The van der Waals surface area contributed by atoms with E-state index in [-0.39, 0.29) is 6.54 Å². The molecular weight excluding hydrogens is 282 g/mol. The highest BCUT2D eigenvalue weighted by atomic mass is 16.5. The van der Waals surface area contributed by atoms with Gasteiger partial charge in [-0.25, -0.2) is 4.79 Å². The molecule has 2 aromatic heterocycles. The van der Waals surface area contributed by atoms with Gasteiger partial charge in [-0.05, 0) is 24.3 Å². The Balaban J connectivity index is 1.71. The van der Waals surface area contributed by atoms with E-state index in [0.717, 1.165) is 5.56 Å². The lowest BCUT2D eigenvalue weighted by Crippen LogP contribution is -2.15. The predicted octanol–water partition coefficient (Wildman–Crippen LogP) is 2.69. The maximum atomic E-state index is 11.9. The zero-order chi connectivity index (χ0) is 14.9. The van der Waals surface area contributed by atoms with Crippen LogP contribution in [0.15, 0.2) is 68.3 Å². The number of oxazole rings is 1. The van der Waals surface area contributed by atoms with E-state index in [2.05, 4.69) is 10.1 Å². The molecule has 4 rings (SSSR count). The highest BCUT2D eigenvalue weighted by Gasteiger charge is 2.13. The zero-order valence-electron chi connectivity index (χ0n) is 11.5. The van der Waals surface area contributed by atoms with Crippen molar-refractivity contribution in [2.75, 3.05) is 0 Å². The lowest BCUT2D eigenvalue weighted by atomic mass is 10.2. The van der Waals surface area contributed by atoms with Gasteiger partial charge in [-0.15, -0.1) is 0 Å². The Hall–Kier alpha value is -3.15. The van der Waals surface area contributed by atoms with Crippen LogP contribution in [0.2, 0.25) is 0 Å². The molecule has 0 fully saturated rings. The number of benzene rings is 2. The molecule has 0 bridgehead atoms. The minimum absolute atomic E-state index is 0.201. The Labute approximate surface area is 124 Å². The van der Waals surface area contributed by atoms with E-state index in [9.17, 15) is 4.79 Å². The molecule has 22 heavy (non-hydrogen) atoms. The van der Waals surface area contributed by atoms with E-state index in [0.29, 0.717) is 22.8 Å². The summed E-state index contributed by atoms with van der Waals surface area (Å²) in [5, 5.41) is 3.93. The molecule has 0 radical (unpaired) electrons. The molecule has 0 spiro atoms. The highest BCUT2D eigenvalue weighted by Crippen LogP contribution is 2.17. The van der Waals surface area contributed by atoms with E-state index in [4.69, 9.17) is 8.94 Å². The van der Waals surface area contributed by atoms with E-state index < -0.39 is 5.76 Å². The minimum atomic E-state index is -0.438. The first kappa shape index (κ1) is 12.6. The average Bonchev–Trinajstić information content (AvgIpc) is 3.14. The van der Waals surface area contributed by atoms with Crippen molar-refractivity contribution in [3.63, 3.8) is 0 Å². The summed E-state index contributed by atoms with van der Waals surface area (Å²) in [5.41, 5.74) is 2.09. The standard InChI is InChI=1S/C16H11N3O3/c20-16-19(12-8-4-5-9-13(12)21-16)10-14-17-15(22-18-14)11-6-2-1-3-7-11/h1-9H,10H2. The van der Waals surface area contributed by atoms with Crippen molar-refractivity contribution in [2.24, 2.45) is 0 Å². The second-order valence-electron chi connectivity index (χ2n) is 4.80. The van der Waals surface area contributed by atoms with Gasteiger partial charge in [-0.1, -0.05) is 35.5 Å². The number of hydrogen-bond donors (Lipinski definition) is 0. The Bertz CT molecular complexity index is 982. The minimum Gasteiger partial charge on any atom is -0.408 e. The van der Waals surface area contributed by atoms with Crippen LogP contribution < -0.4 is 5.76 Å². The zero-order valence-corrected chi connectivity index (χ0v) is 11.5. The molecule has 0 saturated heterocycles. The van der Waals surface area contributed by atoms with Crippen molar-refractivity contribution in [1.29, 1.82) is 0 Å². The van der Waals surface area contributed by atoms with Gasteiger partial charge >= 0.3 is 5.76 Å². The summed E-state index contributed by atoms with van der Waals surface area (Å²) in [5.74, 6) is 0.413. The van der Waals surface area contributed by atoms with Gasteiger partial charge in [0.15, 0.2) is 11.4 Å². The van der Waals surface area contributed by atoms with E-state index in [1.165, 1.54) is 4.57 Å². The lowest BCUT2D eigenvalue weighted by Gasteiger charge is -1.96. The molecular formula is C16H11N3O3. The third-order valence-electron chi connectivity index (χ3n) is 3.36. The monoisotopic (exact) mass is 293 g/mol. The SMILES string of the molecule is O=c1oc2ccccc2n1Cc1noc(-c2ccccc2)n1. The van der Waals surface area contributed by atoms with Gasteiger partial charge in [0.05, 0.1) is 12.1 Å². The maximum absolute atomic E-state index is 11.9. The van der Waals surface area contributed by atoms with Crippen LogP contribution in [0.25, 0.3) is 22.6 Å². The second-order valence-corrected chi connectivity index (χ2v) is 4.80. The molecule has 6 heteroatoms. The van der Waals surface area contributed by atoms with Crippen LogP contribution in [0, 0.1) is 0 Å². The Kier molecular flexibility index (Phi) is 2.86. The quantitative estimate of drug-likeness (QED) is 0.580. The van der Waals surface area contributed by atoms with Crippen LogP contribution in [0.4, 0.5) is 0 Å². The smallest absolute Gasteiger partial charge is 0.408 e. The van der Waals surface area contributed by atoms with Gasteiger partial charge in [0.1, 0.15) is 0 Å². The number of fused-ring (bicyclic) bond motifs is 1. The predicted molar refractivity (Wildman–Crippen MR) is 79.3 cm³/mol. The summed E-state index contributed by atoms with van der Waals surface area (Å²) in [6.07, 6.45) is 0. The van der Waals surface area contributed by atoms with Gasteiger partial charge in [-0.2, -0.15) is 4.98 Å². The molecule has 0 atom stereocenters. The summed E-state index contributed by atoms with van der Waals surface area (Å²) in [4.78, 5) is 16.3. The normalized spacial score (nSPS) is 11.1. The molecule has 108 valence electrons. The molecule has 2 aromatic carbocycles. The number of hydrogen-bond acceptors (Lipinski definition) is 5. The lowest BCUT2D eigenvalue weighted by molar-refractivity contribution is 0.418. The Morgan fingerprint density at radius 1 is 1.00 bits per heavy atom. The Morgan fingerprint density at radius 2 is 1.77 bits per heavy atom. The number of rotatable bonds is 3. The van der Waals surface area contributed by atoms with E-state index >= 15 is 0 Å². The van der Waals surface area contributed by atoms with Crippen LogP contribution in [-0.2, 0) is 6.54 Å². The number of aromatic nitrogens is 3. The maximum Gasteiger partial charge on any atom is 0.420 e. The van der Waals surface area contributed by atoms with E-state index in [1.807, 2.05) is 48.5 Å². The molecule has 0 amide bonds. The first-order valence-electron chi connectivity index (χ1n) is 6.77. The van der Waals surface area contributed by atoms with E-state index in [1.54, 1.807) is 6.07 Å². The summed E-state index contributed by atoms with van der Waals surface area (Å²) < 4.78 is 11.9. The first-order chi connectivity index (χ1) is 10.8. The first-order valence-corrected chi connectivity index (χ1v) is 6.77. The molecule has 0 aliphatic rings. The fourth-order valence-electron chi connectivity index (χ4n) is 2.32. The molecule has 0 unspecified atom stereocenters. The van der Waals surface area contributed by atoms with Gasteiger partial charge in [0, 0.05) is 5.56 Å². The molecule has 0 N–H and O–H groups in total. The van der Waals surface area contributed by atoms with Crippen LogP contribution in [0.3, 0.4) is 0 Å². The molecule has 0 saturated carbocycles. The summed E-state index contributed by atoms with van der Waals surface area (Å²) in [7, 11) is 0. The molecule has 2 heterocycles. The summed E-state index contributed by atoms with van der Waals surface area (Å²) in [6, 6.07) is 16.7. The molecule has 4 aromatic rings. The number of nitrogens with zero attached hydrogens (tertiary/aromatic N) is 3. The topological polar surface area (TPSA) is 74.1 Å². The highest BCUT2D eigenvalue weighted by molar-refractivity contribution is 5.72. The number of para-hydroxylation sites is 2. The Morgan fingerprint density at radius 3 is 2.64 bits per heavy atom. The molecule has 6 nitrogen and oxygen atoms in total. The van der Waals surface area contributed by atoms with Crippen molar-refractivity contribution in [2.45, 2.75) is 6.54 Å². The van der Waals surface area contributed by atoms with Gasteiger partial charge in [0.2, 0.25) is 0 Å². The van der Waals surface area contributed by atoms with Crippen molar-refractivity contribution >= 4 is 11.1 Å². The van der Waals surface area contributed by atoms with Gasteiger partial charge in [0.25, 0.3) is 5.89 Å². The second kappa shape index (κ2) is 5.00. The van der Waals surface area contributed by atoms with Crippen LogP contribution >= 0.6 is 0 Å². The average molecular weight is 293 g/mol. The van der Waals surface area contributed by atoms with Crippen molar-refractivity contribution < 1.29 is 8.94 Å². The van der Waals surface area contributed by atoms with Crippen molar-refractivity contribution in [3.05, 3.63) is 71.0 Å². The molecule has 0 aliphatic heterocycles. The van der Waals surface area contributed by atoms with Crippen LogP contribution in [-0.4, -0.2) is 14.7 Å².